The van der Waals surface area contributed by atoms with Gasteiger partial charge in [-0.15, -0.1) is 0 Å². The fourth-order valence-corrected chi connectivity index (χ4v) is 2.84. The lowest BCUT2D eigenvalue weighted by molar-refractivity contribution is -0.116. The van der Waals surface area contributed by atoms with Crippen LogP contribution in [0.4, 0.5) is 5.69 Å². The maximum absolute atomic E-state index is 12.3. The van der Waals surface area contributed by atoms with Crippen LogP contribution >= 0.6 is 0 Å². The highest BCUT2D eigenvalue weighted by Gasteiger charge is 2.11. The van der Waals surface area contributed by atoms with Gasteiger partial charge in [-0.3, -0.25) is 14.4 Å². The van der Waals surface area contributed by atoms with Gasteiger partial charge in [-0.05, 0) is 55.3 Å². The van der Waals surface area contributed by atoms with Gasteiger partial charge in [-0.1, -0.05) is 25.8 Å². The van der Waals surface area contributed by atoms with E-state index in [1.54, 1.807) is 43.3 Å². The van der Waals surface area contributed by atoms with Gasteiger partial charge in [0, 0.05) is 29.7 Å². The third-order valence-electron chi connectivity index (χ3n) is 4.56. The first-order chi connectivity index (χ1) is 13.9. The molecule has 0 aliphatic rings. The van der Waals surface area contributed by atoms with E-state index in [0.717, 1.165) is 30.6 Å². The summed E-state index contributed by atoms with van der Waals surface area (Å²) >= 11 is 0. The lowest BCUT2D eigenvalue weighted by Crippen LogP contribution is -2.16. The lowest BCUT2D eigenvalue weighted by Gasteiger charge is -2.09. The molecular formula is C23H28N2O4. The summed E-state index contributed by atoms with van der Waals surface area (Å²) in [7, 11) is 0. The molecule has 0 unspecified atom stereocenters. The first-order valence-corrected chi connectivity index (χ1v) is 9.87. The van der Waals surface area contributed by atoms with Crippen LogP contribution in [0.3, 0.4) is 0 Å². The Hall–Kier alpha value is -3.15. The second-order valence-corrected chi connectivity index (χ2v) is 6.95. The third kappa shape index (κ3) is 7.07. The van der Waals surface area contributed by atoms with Crippen LogP contribution in [0.2, 0.25) is 0 Å². The second-order valence-electron chi connectivity index (χ2n) is 6.95. The first-order valence-electron chi connectivity index (χ1n) is 9.87. The summed E-state index contributed by atoms with van der Waals surface area (Å²) in [5, 5.41) is 2.69. The number of unbranched alkanes of at least 4 members (excludes halogenated alkanes) is 2. The van der Waals surface area contributed by atoms with Gasteiger partial charge in [0.15, 0.2) is 5.78 Å². The van der Waals surface area contributed by atoms with Crippen molar-refractivity contribution in [2.45, 2.75) is 46.0 Å². The van der Waals surface area contributed by atoms with E-state index in [-0.39, 0.29) is 24.5 Å². The Balaban J connectivity index is 1.83. The van der Waals surface area contributed by atoms with Crippen LogP contribution in [-0.4, -0.2) is 24.2 Å². The Labute approximate surface area is 171 Å². The van der Waals surface area contributed by atoms with Crippen molar-refractivity contribution in [3.8, 4) is 5.75 Å². The Morgan fingerprint density at radius 3 is 2.38 bits per heavy atom. The molecular weight excluding hydrogens is 368 g/mol. The molecule has 0 saturated heterocycles. The van der Waals surface area contributed by atoms with Crippen molar-refractivity contribution in [2.75, 3.05) is 11.9 Å². The molecule has 3 N–H and O–H groups in total. The molecule has 0 radical (unpaired) electrons. The van der Waals surface area contributed by atoms with Crippen LogP contribution in [0.15, 0.2) is 42.5 Å². The van der Waals surface area contributed by atoms with Crippen molar-refractivity contribution in [3.63, 3.8) is 0 Å². The number of aryl methyl sites for hydroxylation is 1. The second kappa shape index (κ2) is 11.0. The summed E-state index contributed by atoms with van der Waals surface area (Å²) in [4.78, 5) is 35.9. The van der Waals surface area contributed by atoms with Crippen molar-refractivity contribution < 1.29 is 19.1 Å². The Morgan fingerprint density at radius 1 is 1.00 bits per heavy atom. The number of carbonyl (C=O) groups is 3. The van der Waals surface area contributed by atoms with Gasteiger partial charge in [0.05, 0.1) is 6.61 Å². The fraction of sp³-hybridized carbons (Fsp3) is 0.348. The maximum atomic E-state index is 12.3. The molecule has 0 fully saturated rings. The van der Waals surface area contributed by atoms with Gasteiger partial charge in [0.25, 0.3) is 0 Å². The molecule has 154 valence electrons. The van der Waals surface area contributed by atoms with Crippen LogP contribution < -0.4 is 15.8 Å². The smallest absolute Gasteiger partial charge is 0.249 e. The molecule has 6 heteroatoms. The van der Waals surface area contributed by atoms with E-state index in [1.807, 2.05) is 0 Å². The van der Waals surface area contributed by atoms with Gasteiger partial charge in [-0.2, -0.15) is 0 Å². The topological polar surface area (TPSA) is 98.5 Å². The predicted octanol–water partition coefficient (Wildman–Crippen LogP) is 4.26. The predicted molar refractivity (Wildman–Crippen MR) is 113 cm³/mol. The average molecular weight is 396 g/mol. The molecule has 0 aliphatic heterocycles. The summed E-state index contributed by atoms with van der Waals surface area (Å²) in [6.45, 7) is 4.57. The van der Waals surface area contributed by atoms with E-state index in [1.165, 1.54) is 6.07 Å². The summed E-state index contributed by atoms with van der Waals surface area (Å²) < 4.78 is 5.63. The number of hydrogen-bond donors (Lipinski definition) is 2. The normalized spacial score (nSPS) is 10.4. The van der Waals surface area contributed by atoms with Crippen LogP contribution in [0, 0.1) is 6.92 Å². The Bertz CT molecular complexity index is 860. The summed E-state index contributed by atoms with van der Waals surface area (Å²) in [5.74, 6) is -0.223. The SMILES string of the molecule is CCCCCOc1ccc(C(=O)CCC(=O)Nc2ccc(C)c(C(N)=O)c2)cc1. The molecule has 0 spiro atoms. The number of primary amides is 1. The van der Waals surface area contributed by atoms with Crippen LogP contribution in [0.25, 0.3) is 0 Å². The number of amides is 2. The number of ether oxygens (including phenoxy) is 1. The molecule has 6 nitrogen and oxygen atoms in total. The van der Waals surface area contributed by atoms with Gasteiger partial charge < -0.3 is 15.8 Å². The van der Waals surface area contributed by atoms with Crippen molar-refractivity contribution in [1.82, 2.24) is 0 Å². The van der Waals surface area contributed by atoms with Crippen LogP contribution in [0.1, 0.15) is 65.3 Å². The molecule has 2 aromatic rings. The molecule has 0 aromatic heterocycles. The number of hydrogen-bond acceptors (Lipinski definition) is 4. The van der Waals surface area contributed by atoms with Gasteiger partial charge in [0.2, 0.25) is 11.8 Å². The number of Topliss-reactive ketones (excluding diaryl/α,β-unsaturated/α-hetero) is 1. The van der Waals surface area contributed by atoms with Crippen molar-refractivity contribution in [1.29, 1.82) is 0 Å². The molecule has 0 bridgehead atoms. The standard InChI is InChI=1S/C23H28N2O4/c1-3-4-5-14-29-19-10-7-17(8-11-19)21(26)12-13-22(27)25-18-9-6-16(2)20(15-18)23(24)28/h6-11,15H,3-5,12-14H2,1-2H3,(H2,24,28)(H,25,27). The van der Waals surface area contributed by atoms with Crippen molar-refractivity contribution >= 4 is 23.3 Å². The highest BCUT2D eigenvalue weighted by Crippen LogP contribution is 2.17. The molecule has 0 atom stereocenters. The number of nitrogens with one attached hydrogen (secondary N) is 1. The minimum Gasteiger partial charge on any atom is -0.494 e. The zero-order valence-electron chi connectivity index (χ0n) is 17.0. The molecule has 0 aliphatic carbocycles. The van der Waals surface area contributed by atoms with Crippen molar-refractivity contribution in [3.05, 3.63) is 59.2 Å². The van der Waals surface area contributed by atoms with Crippen LogP contribution in [0.5, 0.6) is 5.75 Å². The fourth-order valence-electron chi connectivity index (χ4n) is 2.84. The number of benzene rings is 2. The number of rotatable bonds is 11. The van der Waals surface area contributed by atoms with Crippen molar-refractivity contribution in [2.24, 2.45) is 5.73 Å². The largest absolute Gasteiger partial charge is 0.494 e. The number of nitrogens with two attached hydrogens (primary N) is 1. The quantitative estimate of drug-likeness (QED) is 0.438. The summed E-state index contributed by atoms with van der Waals surface area (Å²) in [6.07, 6.45) is 3.42. The molecule has 29 heavy (non-hydrogen) atoms. The highest BCUT2D eigenvalue weighted by atomic mass is 16.5. The van der Waals surface area contributed by atoms with E-state index >= 15 is 0 Å². The van der Waals surface area contributed by atoms with E-state index in [0.29, 0.717) is 23.4 Å². The van der Waals surface area contributed by atoms with Gasteiger partial charge in [0.1, 0.15) is 5.75 Å². The summed E-state index contributed by atoms with van der Waals surface area (Å²) in [6, 6.07) is 11.9. The number of anilines is 1. The zero-order chi connectivity index (χ0) is 21.2. The van der Waals surface area contributed by atoms with E-state index in [4.69, 9.17) is 10.5 Å². The minimum absolute atomic E-state index is 0.0495. The lowest BCUT2D eigenvalue weighted by atomic mass is 10.1. The Kier molecular flexibility index (Phi) is 8.40. The molecule has 0 heterocycles. The highest BCUT2D eigenvalue weighted by molar-refractivity contribution is 6.01. The molecule has 2 amide bonds. The molecule has 2 rings (SSSR count). The maximum Gasteiger partial charge on any atom is 0.249 e. The molecule has 0 saturated carbocycles. The number of carbonyl (C=O) groups excluding carboxylic acids is 3. The van der Waals surface area contributed by atoms with Crippen LogP contribution in [-0.2, 0) is 4.79 Å². The van der Waals surface area contributed by atoms with E-state index < -0.39 is 5.91 Å². The Morgan fingerprint density at radius 2 is 1.72 bits per heavy atom. The average Bonchev–Trinajstić information content (AvgIpc) is 2.71. The van der Waals surface area contributed by atoms with Gasteiger partial charge >= 0.3 is 0 Å². The number of ketones is 1. The minimum atomic E-state index is -0.549. The van der Waals surface area contributed by atoms with E-state index in [2.05, 4.69) is 12.2 Å². The first kappa shape index (κ1) is 22.1. The summed E-state index contributed by atoms with van der Waals surface area (Å²) in [5.41, 5.74) is 7.44. The zero-order valence-corrected chi connectivity index (χ0v) is 17.0. The third-order valence-corrected chi connectivity index (χ3v) is 4.56. The monoisotopic (exact) mass is 396 g/mol. The molecule has 2 aromatic carbocycles. The van der Waals surface area contributed by atoms with Gasteiger partial charge in [-0.25, -0.2) is 0 Å². The van der Waals surface area contributed by atoms with E-state index in [9.17, 15) is 14.4 Å².